The van der Waals surface area contributed by atoms with Crippen LogP contribution in [0.5, 0.6) is 0 Å². The summed E-state index contributed by atoms with van der Waals surface area (Å²) in [5, 5.41) is 15.7. The standard InChI is InChI=1S/C32H40N6O10S/c1-18(39)37-32-13-19-10-21(15-32)25(11-20(19)14-32)34-26(40)16-38-9-5-7-24(31(38)44)36-30(43)23(6-3-4-8-27(41)47-2)35-29(42)22-12-28(48-17-22)49(33,45)46/h4-5,7-9,12,17,19-21,23,25H,3,6,10-11,13-16H2,1-2H3,(H,34,40)(H,35,42)(H,36,43)(H,37,39)(H2,33,45,46)/b8-4+/t19?,20?,21?,23-,25?,32?/m0/s1. The molecule has 6 N–H and O–H groups in total. The lowest BCUT2D eigenvalue weighted by molar-refractivity contribution is -0.135. The number of furan rings is 1. The number of nitrogens with one attached hydrogen (secondary N) is 4. The second-order valence-electron chi connectivity index (χ2n) is 13.1. The zero-order valence-electron chi connectivity index (χ0n) is 27.1. The lowest BCUT2D eigenvalue weighted by atomic mass is 9.68. The number of aromatic nitrogens is 1. The Balaban J connectivity index is 1.24. The van der Waals surface area contributed by atoms with Gasteiger partial charge in [-0.15, -0.1) is 0 Å². The first-order valence-electron chi connectivity index (χ1n) is 15.9. The highest BCUT2D eigenvalue weighted by molar-refractivity contribution is 7.89. The summed E-state index contributed by atoms with van der Waals surface area (Å²) in [6.45, 7) is 1.24. The van der Waals surface area contributed by atoms with E-state index in [9.17, 15) is 37.2 Å². The van der Waals surface area contributed by atoms with Gasteiger partial charge < -0.3 is 35.0 Å². The number of allylic oxidation sites excluding steroid dienone is 1. The van der Waals surface area contributed by atoms with E-state index in [2.05, 4.69) is 26.0 Å². The number of carbonyl (C=O) groups excluding carboxylic acids is 5. The molecule has 2 aromatic rings. The first-order valence-corrected chi connectivity index (χ1v) is 17.5. The van der Waals surface area contributed by atoms with Gasteiger partial charge in [0.15, 0.2) is 0 Å². The average molecular weight is 701 g/mol. The van der Waals surface area contributed by atoms with Crippen molar-refractivity contribution >= 4 is 45.3 Å². The van der Waals surface area contributed by atoms with Crippen LogP contribution in [0.25, 0.3) is 0 Å². The molecule has 0 aliphatic heterocycles. The highest BCUT2D eigenvalue weighted by Gasteiger charge is 2.56. The number of carbonyl (C=O) groups is 5. The molecule has 2 heterocycles. The highest BCUT2D eigenvalue weighted by atomic mass is 32.2. The fraction of sp³-hybridized carbons (Fsp3) is 0.500. The molecule has 3 aliphatic rings. The third kappa shape index (κ3) is 8.45. The van der Waals surface area contributed by atoms with Crippen LogP contribution in [0.15, 0.2) is 57.1 Å². The number of ether oxygens (including phenoxy) is 1. The number of hydrogen-bond donors (Lipinski definition) is 5. The molecule has 17 heteroatoms. The minimum absolute atomic E-state index is 0.0258. The molecule has 2 aromatic heterocycles. The zero-order chi connectivity index (χ0) is 35.5. The monoisotopic (exact) mass is 700 g/mol. The van der Waals surface area contributed by atoms with Crippen molar-refractivity contribution in [1.29, 1.82) is 0 Å². The number of amides is 4. The van der Waals surface area contributed by atoms with Gasteiger partial charge in [0.25, 0.3) is 21.5 Å². The molecule has 3 saturated carbocycles. The number of esters is 1. The van der Waals surface area contributed by atoms with E-state index in [1.807, 2.05) is 0 Å². The molecular weight excluding hydrogens is 660 g/mol. The zero-order valence-corrected chi connectivity index (χ0v) is 27.9. The minimum atomic E-state index is -4.22. The first-order chi connectivity index (χ1) is 23.2. The van der Waals surface area contributed by atoms with E-state index < -0.39 is 44.5 Å². The molecule has 0 spiro atoms. The SMILES string of the molecule is COC(=O)/C=C/CC[C@H](NC(=O)c1coc(S(N)(=O)=O)c1)C(=O)Nc1cccn(CC(=O)NC2CC3CC4(NC(C)=O)CC3CC2C4)c1=O. The Morgan fingerprint density at radius 3 is 2.53 bits per heavy atom. The van der Waals surface area contributed by atoms with Crippen LogP contribution in [-0.2, 0) is 40.5 Å². The van der Waals surface area contributed by atoms with Crippen LogP contribution in [0.4, 0.5) is 5.69 Å². The Bertz CT molecular complexity index is 1830. The molecule has 5 rings (SSSR count). The van der Waals surface area contributed by atoms with Gasteiger partial charge in [-0.3, -0.25) is 24.0 Å². The summed E-state index contributed by atoms with van der Waals surface area (Å²) in [7, 11) is -3.02. The normalized spacial score (nSPS) is 24.6. The van der Waals surface area contributed by atoms with Gasteiger partial charge in [0.2, 0.25) is 22.8 Å². The van der Waals surface area contributed by atoms with Crippen molar-refractivity contribution in [2.75, 3.05) is 12.4 Å². The van der Waals surface area contributed by atoms with Crippen LogP contribution >= 0.6 is 0 Å². The fourth-order valence-corrected chi connectivity index (χ4v) is 8.10. The van der Waals surface area contributed by atoms with Crippen molar-refractivity contribution in [3.63, 3.8) is 0 Å². The lowest BCUT2D eigenvalue weighted by Crippen LogP contribution is -2.53. The molecule has 0 aromatic carbocycles. The number of primary sulfonamides is 1. The topological polar surface area (TPSA) is 238 Å². The third-order valence-electron chi connectivity index (χ3n) is 9.55. The van der Waals surface area contributed by atoms with Gasteiger partial charge in [0.1, 0.15) is 24.5 Å². The van der Waals surface area contributed by atoms with Crippen LogP contribution < -0.4 is 32.0 Å². The molecule has 0 radical (unpaired) electrons. The Labute approximate surface area is 282 Å². The average Bonchev–Trinajstić information content (AvgIpc) is 3.59. The highest BCUT2D eigenvalue weighted by Crippen LogP contribution is 2.57. The maximum Gasteiger partial charge on any atom is 0.330 e. The van der Waals surface area contributed by atoms with Crippen molar-refractivity contribution in [1.82, 2.24) is 20.5 Å². The van der Waals surface area contributed by atoms with Crippen molar-refractivity contribution in [2.24, 2.45) is 22.9 Å². The van der Waals surface area contributed by atoms with Gasteiger partial charge in [-0.25, -0.2) is 18.4 Å². The Morgan fingerprint density at radius 2 is 1.86 bits per heavy atom. The smallest absolute Gasteiger partial charge is 0.330 e. The van der Waals surface area contributed by atoms with Gasteiger partial charge in [0.05, 0.1) is 12.7 Å². The number of rotatable bonds is 13. The number of fused-ring (bicyclic) bond motifs is 2. The van der Waals surface area contributed by atoms with Crippen LogP contribution in [0, 0.1) is 17.8 Å². The Morgan fingerprint density at radius 1 is 1.14 bits per heavy atom. The second kappa shape index (κ2) is 14.4. The van der Waals surface area contributed by atoms with Crippen molar-refractivity contribution < 1.29 is 41.5 Å². The number of methoxy groups -OCH3 is 1. The van der Waals surface area contributed by atoms with Crippen LogP contribution in [0.2, 0.25) is 0 Å². The fourth-order valence-electron chi connectivity index (χ4n) is 7.63. The summed E-state index contributed by atoms with van der Waals surface area (Å²) in [5.74, 6) is -1.50. The van der Waals surface area contributed by atoms with Gasteiger partial charge in [-0.05, 0) is 74.8 Å². The summed E-state index contributed by atoms with van der Waals surface area (Å²) in [4.78, 5) is 76.1. The Kier molecular flexibility index (Phi) is 10.4. The quantitative estimate of drug-likeness (QED) is 0.144. The van der Waals surface area contributed by atoms with Crippen LogP contribution in [0.3, 0.4) is 0 Å². The number of anilines is 1. The predicted octanol–water partition coefficient (Wildman–Crippen LogP) is 0.535. The van der Waals surface area contributed by atoms with Crippen LogP contribution in [-0.4, -0.2) is 67.3 Å². The number of hydrogen-bond acceptors (Lipinski definition) is 10. The van der Waals surface area contributed by atoms with Gasteiger partial charge >= 0.3 is 5.97 Å². The van der Waals surface area contributed by atoms with Crippen LogP contribution in [0.1, 0.15) is 62.2 Å². The molecule has 3 fully saturated rings. The van der Waals surface area contributed by atoms with Gasteiger partial charge in [0, 0.05) is 36.8 Å². The van der Waals surface area contributed by atoms with E-state index in [0.717, 1.165) is 50.5 Å². The van der Waals surface area contributed by atoms with E-state index in [1.165, 1.54) is 43.0 Å². The number of sulfonamides is 1. The number of pyridine rings is 1. The summed E-state index contributed by atoms with van der Waals surface area (Å²) in [6, 6.07) is 2.43. The molecule has 3 bridgehead atoms. The van der Waals surface area contributed by atoms with E-state index >= 15 is 0 Å². The van der Waals surface area contributed by atoms with E-state index in [0.29, 0.717) is 11.8 Å². The molecule has 264 valence electrons. The minimum Gasteiger partial charge on any atom is -0.466 e. The summed E-state index contributed by atoms with van der Waals surface area (Å²) >= 11 is 0. The third-order valence-corrected chi connectivity index (χ3v) is 10.3. The largest absolute Gasteiger partial charge is 0.466 e. The molecular formula is C32H40N6O10S. The summed E-state index contributed by atoms with van der Waals surface area (Å²) < 4.78 is 33.7. The summed E-state index contributed by atoms with van der Waals surface area (Å²) in [5.41, 5.74) is -1.23. The maximum atomic E-state index is 13.4. The second-order valence-corrected chi connectivity index (χ2v) is 14.6. The van der Waals surface area contributed by atoms with Crippen molar-refractivity contribution in [3.05, 3.63) is 58.7 Å². The molecule has 3 aliphatic carbocycles. The van der Waals surface area contributed by atoms with Crippen molar-refractivity contribution in [2.45, 2.75) is 81.1 Å². The molecule has 4 amide bonds. The van der Waals surface area contributed by atoms with Gasteiger partial charge in [-0.1, -0.05) is 6.08 Å². The predicted molar refractivity (Wildman–Crippen MR) is 173 cm³/mol. The number of nitrogens with zero attached hydrogens (tertiary/aromatic N) is 1. The molecule has 6 atom stereocenters. The Hall–Kier alpha value is -4.77. The van der Waals surface area contributed by atoms with E-state index in [1.54, 1.807) is 0 Å². The van der Waals surface area contributed by atoms with E-state index in [4.69, 9.17) is 9.56 Å². The lowest BCUT2D eigenvalue weighted by Gasteiger charge is -2.44. The van der Waals surface area contributed by atoms with Crippen molar-refractivity contribution in [3.8, 4) is 0 Å². The van der Waals surface area contributed by atoms with E-state index in [-0.39, 0.29) is 60.0 Å². The molecule has 0 saturated heterocycles. The summed E-state index contributed by atoms with van der Waals surface area (Å²) in [6.07, 6.45) is 9.47. The molecule has 49 heavy (non-hydrogen) atoms. The molecule has 16 nitrogen and oxygen atoms in total. The molecule has 5 unspecified atom stereocenters. The number of nitrogens with two attached hydrogens (primary N) is 1. The maximum absolute atomic E-state index is 13.4. The van der Waals surface area contributed by atoms with Gasteiger partial charge in [-0.2, -0.15) is 0 Å². The first kappa shape index (κ1) is 35.5.